The highest BCUT2D eigenvalue weighted by molar-refractivity contribution is 5.98. The molecule has 1 unspecified atom stereocenters. The van der Waals surface area contributed by atoms with Gasteiger partial charge < -0.3 is 16.4 Å². The molecule has 0 saturated heterocycles. The number of nitrogens with one attached hydrogen (secondary N) is 2. The van der Waals surface area contributed by atoms with Crippen molar-refractivity contribution in [1.29, 1.82) is 0 Å². The molecule has 1 amide bonds. The van der Waals surface area contributed by atoms with Gasteiger partial charge in [-0.3, -0.25) is 4.79 Å². The van der Waals surface area contributed by atoms with E-state index in [9.17, 15) is 4.79 Å². The van der Waals surface area contributed by atoms with Gasteiger partial charge in [0.1, 0.15) is 0 Å². The minimum absolute atomic E-state index is 0.399. The lowest BCUT2D eigenvalue weighted by Gasteiger charge is -2.14. The van der Waals surface area contributed by atoms with Crippen molar-refractivity contribution >= 4 is 11.6 Å². The Morgan fingerprint density at radius 3 is 2.69 bits per heavy atom. The fourth-order valence-electron chi connectivity index (χ4n) is 1.56. The molecular weight excluding hydrogens is 202 g/mol. The predicted molar refractivity (Wildman–Crippen MR) is 66.5 cm³/mol. The molecule has 1 aromatic rings. The first-order valence-corrected chi connectivity index (χ1v) is 5.42. The molecule has 0 radical (unpaired) electrons. The van der Waals surface area contributed by atoms with Crippen molar-refractivity contribution < 1.29 is 4.79 Å². The standard InChI is InChI=1S/C12H19N3O/c1-9(7-14-2)8-15-11-6-4-3-5-10(11)12(13)16/h3-6,9,14-15H,7-8H2,1-2H3,(H2,13,16). The van der Waals surface area contributed by atoms with Crippen molar-refractivity contribution in [2.75, 3.05) is 25.5 Å². The minimum atomic E-state index is -0.399. The topological polar surface area (TPSA) is 67.2 Å². The van der Waals surface area contributed by atoms with Gasteiger partial charge in [-0.1, -0.05) is 19.1 Å². The van der Waals surface area contributed by atoms with E-state index in [4.69, 9.17) is 5.73 Å². The molecule has 0 aliphatic heterocycles. The number of benzene rings is 1. The van der Waals surface area contributed by atoms with Crippen LogP contribution in [0.2, 0.25) is 0 Å². The first-order chi connectivity index (χ1) is 7.65. The highest BCUT2D eigenvalue weighted by Crippen LogP contribution is 2.14. The van der Waals surface area contributed by atoms with Gasteiger partial charge in [-0.15, -0.1) is 0 Å². The molecule has 1 rings (SSSR count). The van der Waals surface area contributed by atoms with Crippen LogP contribution >= 0.6 is 0 Å². The van der Waals surface area contributed by atoms with Crippen LogP contribution in [0.4, 0.5) is 5.69 Å². The van der Waals surface area contributed by atoms with E-state index in [0.29, 0.717) is 11.5 Å². The van der Waals surface area contributed by atoms with Gasteiger partial charge in [0.25, 0.3) is 5.91 Å². The third-order valence-corrected chi connectivity index (χ3v) is 2.39. The lowest BCUT2D eigenvalue weighted by Crippen LogP contribution is -2.24. The van der Waals surface area contributed by atoms with Crippen molar-refractivity contribution in [1.82, 2.24) is 5.32 Å². The Morgan fingerprint density at radius 2 is 2.06 bits per heavy atom. The van der Waals surface area contributed by atoms with Gasteiger partial charge in [-0.2, -0.15) is 0 Å². The van der Waals surface area contributed by atoms with E-state index < -0.39 is 5.91 Å². The number of amides is 1. The van der Waals surface area contributed by atoms with Crippen LogP contribution in [0.25, 0.3) is 0 Å². The number of rotatable bonds is 6. The maximum Gasteiger partial charge on any atom is 0.250 e. The maximum atomic E-state index is 11.2. The average Bonchev–Trinajstić information content (AvgIpc) is 2.27. The third kappa shape index (κ3) is 3.55. The first-order valence-electron chi connectivity index (χ1n) is 5.42. The van der Waals surface area contributed by atoms with E-state index in [2.05, 4.69) is 17.6 Å². The van der Waals surface area contributed by atoms with Gasteiger partial charge in [-0.05, 0) is 31.6 Å². The molecule has 0 spiro atoms. The Balaban J connectivity index is 2.63. The van der Waals surface area contributed by atoms with Crippen LogP contribution in [0.15, 0.2) is 24.3 Å². The second-order valence-corrected chi connectivity index (χ2v) is 3.95. The summed E-state index contributed by atoms with van der Waals surface area (Å²) in [4.78, 5) is 11.2. The number of carbonyl (C=O) groups excluding carboxylic acids is 1. The Bertz CT molecular complexity index is 352. The summed E-state index contributed by atoms with van der Waals surface area (Å²) in [5.74, 6) is 0.0929. The molecule has 0 aliphatic carbocycles. The molecule has 4 heteroatoms. The summed E-state index contributed by atoms with van der Waals surface area (Å²) in [6.07, 6.45) is 0. The lowest BCUT2D eigenvalue weighted by atomic mass is 10.1. The van der Waals surface area contributed by atoms with Gasteiger partial charge in [0.05, 0.1) is 5.56 Å². The van der Waals surface area contributed by atoms with E-state index >= 15 is 0 Å². The highest BCUT2D eigenvalue weighted by Gasteiger charge is 2.07. The van der Waals surface area contributed by atoms with E-state index in [-0.39, 0.29) is 0 Å². The summed E-state index contributed by atoms with van der Waals surface area (Å²) < 4.78 is 0. The van der Waals surface area contributed by atoms with Crippen molar-refractivity contribution in [3.63, 3.8) is 0 Å². The van der Waals surface area contributed by atoms with Crippen LogP contribution in [0.1, 0.15) is 17.3 Å². The monoisotopic (exact) mass is 221 g/mol. The normalized spacial score (nSPS) is 12.1. The fraction of sp³-hybridized carbons (Fsp3) is 0.417. The summed E-state index contributed by atoms with van der Waals surface area (Å²) in [6.45, 7) is 3.88. The zero-order valence-electron chi connectivity index (χ0n) is 9.79. The fourth-order valence-corrected chi connectivity index (χ4v) is 1.56. The smallest absolute Gasteiger partial charge is 0.250 e. The molecule has 88 valence electrons. The van der Waals surface area contributed by atoms with Gasteiger partial charge in [0, 0.05) is 12.2 Å². The van der Waals surface area contributed by atoms with Gasteiger partial charge >= 0.3 is 0 Å². The molecule has 0 fully saturated rings. The van der Waals surface area contributed by atoms with Crippen LogP contribution in [-0.4, -0.2) is 26.0 Å². The number of anilines is 1. The SMILES string of the molecule is CNCC(C)CNc1ccccc1C(N)=O. The summed E-state index contributed by atoms with van der Waals surface area (Å²) in [6, 6.07) is 7.29. The quantitative estimate of drug-likeness (QED) is 0.672. The maximum absolute atomic E-state index is 11.2. The van der Waals surface area contributed by atoms with Crippen LogP contribution in [0, 0.1) is 5.92 Å². The second kappa shape index (κ2) is 6.12. The number of carbonyl (C=O) groups is 1. The highest BCUT2D eigenvalue weighted by atomic mass is 16.1. The third-order valence-electron chi connectivity index (χ3n) is 2.39. The Kier molecular flexibility index (Phi) is 4.79. The number of nitrogens with two attached hydrogens (primary N) is 1. The molecular formula is C12H19N3O. The van der Waals surface area contributed by atoms with Crippen molar-refractivity contribution in [3.8, 4) is 0 Å². The molecule has 16 heavy (non-hydrogen) atoms. The number of hydrogen-bond acceptors (Lipinski definition) is 3. The van der Waals surface area contributed by atoms with Gasteiger partial charge in [0.2, 0.25) is 0 Å². The van der Waals surface area contributed by atoms with Crippen LogP contribution in [0.3, 0.4) is 0 Å². The Labute approximate surface area is 96.2 Å². The molecule has 0 aliphatic rings. The summed E-state index contributed by atoms with van der Waals surface area (Å²) >= 11 is 0. The molecule has 0 aromatic heterocycles. The Morgan fingerprint density at radius 1 is 1.38 bits per heavy atom. The summed E-state index contributed by atoms with van der Waals surface area (Å²) in [7, 11) is 1.92. The minimum Gasteiger partial charge on any atom is -0.384 e. The van der Waals surface area contributed by atoms with Gasteiger partial charge in [-0.25, -0.2) is 0 Å². The zero-order chi connectivity index (χ0) is 12.0. The number of para-hydroxylation sites is 1. The second-order valence-electron chi connectivity index (χ2n) is 3.95. The molecule has 4 N–H and O–H groups in total. The van der Waals surface area contributed by atoms with E-state index in [0.717, 1.165) is 18.8 Å². The lowest BCUT2D eigenvalue weighted by molar-refractivity contribution is 0.100. The molecule has 1 atom stereocenters. The van der Waals surface area contributed by atoms with Crippen LogP contribution in [0.5, 0.6) is 0 Å². The van der Waals surface area contributed by atoms with E-state index in [1.54, 1.807) is 6.07 Å². The predicted octanol–water partition coefficient (Wildman–Crippen LogP) is 1.05. The largest absolute Gasteiger partial charge is 0.384 e. The molecule has 0 saturated carbocycles. The van der Waals surface area contributed by atoms with Crippen molar-refractivity contribution in [3.05, 3.63) is 29.8 Å². The summed E-state index contributed by atoms with van der Waals surface area (Å²) in [5.41, 5.74) is 6.63. The molecule has 4 nitrogen and oxygen atoms in total. The number of hydrogen-bond donors (Lipinski definition) is 3. The molecule has 0 bridgehead atoms. The number of primary amides is 1. The van der Waals surface area contributed by atoms with E-state index in [1.807, 2.05) is 25.2 Å². The molecule has 1 aromatic carbocycles. The van der Waals surface area contributed by atoms with Crippen molar-refractivity contribution in [2.45, 2.75) is 6.92 Å². The zero-order valence-corrected chi connectivity index (χ0v) is 9.79. The first kappa shape index (κ1) is 12.5. The van der Waals surface area contributed by atoms with Crippen molar-refractivity contribution in [2.24, 2.45) is 11.7 Å². The average molecular weight is 221 g/mol. The molecule has 0 heterocycles. The van der Waals surface area contributed by atoms with Crippen LogP contribution < -0.4 is 16.4 Å². The van der Waals surface area contributed by atoms with Gasteiger partial charge in [0.15, 0.2) is 0 Å². The van der Waals surface area contributed by atoms with Crippen LogP contribution in [-0.2, 0) is 0 Å². The Hall–Kier alpha value is -1.55. The van der Waals surface area contributed by atoms with E-state index in [1.165, 1.54) is 0 Å². The summed E-state index contributed by atoms with van der Waals surface area (Å²) in [5, 5.41) is 6.35.